The number of halogens is 1. The molecule has 3 N–H and O–H groups in total. The molecular formula is C25H22FN3O4S. The molecule has 0 bridgehead atoms. The summed E-state index contributed by atoms with van der Waals surface area (Å²) in [6, 6.07) is 11.3. The lowest BCUT2D eigenvalue weighted by Gasteiger charge is -2.33. The summed E-state index contributed by atoms with van der Waals surface area (Å²) >= 11 is 1.23. The highest BCUT2D eigenvalue weighted by atomic mass is 32.2. The number of ether oxygens (including phenoxy) is 1. The number of allylic oxidation sites excluding steroid dienone is 2. The van der Waals surface area contributed by atoms with Crippen molar-refractivity contribution in [2.75, 3.05) is 12.4 Å². The highest BCUT2D eigenvalue weighted by Gasteiger charge is 2.38. The Balaban J connectivity index is 1.59. The largest absolute Gasteiger partial charge is 0.504 e. The van der Waals surface area contributed by atoms with Crippen LogP contribution < -0.4 is 15.6 Å². The van der Waals surface area contributed by atoms with E-state index in [1.165, 1.54) is 31.0 Å². The summed E-state index contributed by atoms with van der Waals surface area (Å²) in [6.07, 6.45) is 1.78. The average Bonchev–Trinajstić information content (AvgIpc) is 2.83. The van der Waals surface area contributed by atoms with E-state index in [0.29, 0.717) is 58.3 Å². The second-order valence-corrected chi connectivity index (χ2v) is 9.14. The molecular weight excluding hydrogens is 457 g/mol. The third-order valence-electron chi connectivity index (χ3n) is 6.10. The molecule has 1 atom stereocenters. The number of nitrogens with zero attached hydrogens (tertiary/aromatic N) is 1. The third-order valence-corrected chi connectivity index (χ3v) is 7.02. The van der Waals surface area contributed by atoms with Gasteiger partial charge in [0.25, 0.3) is 5.56 Å². The predicted molar refractivity (Wildman–Crippen MR) is 127 cm³/mol. The molecule has 1 aliphatic carbocycles. The lowest BCUT2D eigenvalue weighted by Crippen LogP contribution is -2.32. The summed E-state index contributed by atoms with van der Waals surface area (Å²) in [4.78, 5) is 33.7. The van der Waals surface area contributed by atoms with Crippen LogP contribution in [0.5, 0.6) is 11.5 Å². The number of aromatic amines is 1. The molecule has 0 saturated carbocycles. The molecule has 1 unspecified atom stereocenters. The number of methoxy groups -OCH3 is 1. The van der Waals surface area contributed by atoms with Crippen molar-refractivity contribution in [3.8, 4) is 11.5 Å². The fourth-order valence-electron chi connectivity index (χ4n) is 4.48. The van der Waals surface area contributed by atoms with Gasteiger partial charge in [0, 0.05) is 29.4 Å². The van der Waals surface area contributed by atoms with Crippen LogP contribution in [-0.2, 0) is 10.5 Å². The number of H-pyrrole nitrogens is 1. The highest BCUT2D eigenvalue weighted by molar-refractivity contribution is 7.98. The molecule has 174 valence electrons. The van der Waals surface area contributed by atoms with Gasteiger partial charge in [-0.15, -0.1) is 0 Å². The summed E-state index contributed by atoms with van der Waals surface area (Å²) in [6.45, 7) is 0. The van der Waals surface area contributed by atoms with Gasteiger partial charge in [-0.1, -0.05) is 36.0 Å². The van der Waals surface area contributed by atoms with Crippen LogP contribution >= 0.6 is 11.8 Å². The zero-order valence-electron chi connectivity index (χ0n) is 18.4. The third kappa shape index (κ3) is 3.96. The van der Waals surface area contributed by atoms with Crippen LogP contribution in [0.1, 0.15) is 41.9 Å². The fraction of sp³-hybridized carbons (Fsp3) is 0.240. The number of phenols is 1. The average molecular weight is 480 g/mol. The minimum atomic E-state index is -0.643. The van der Waals surface area contributed by atoms with Crippen LogP contribution in [0.25, 0.3) is 0 Å². The van der Waals surface area contributed by atoms with E-state index in [4.69, 9.17) is 4.74 Å². The molecule has 2 aromatic carbocycles. The molecule has 1 aromatic heterocycles. The molecule has 34 heavy (non-hydrogen) atoms. The summed E-state index contributed by atoms with van der Waals surface area (Å²) < 4.78 is 19.3. The maximum atomic E-state index is 14.0. The smallest absolute Gasteiger partial charge is 0.257 e. The Hall–Kier alpha value is -3.59. The van der Waals surface area contributed by atoms with Gasteiger partial charge in [0.15, 0.2) is 22.4 Å². The number of ketones is 1. The zero-order valence-corrected chi connectivity index (χ0v) is 19.2. The number of hydrogen-bond donors (Lipinski definition) is 3. The van der Waals surface area contributed by atoms with E-state index in [0.717, 1.165) is 5.70 Å². The quantitative estimate of drug-likeness (QED) is 0.366. The van der Waals surface area contributed by atoms with Gasteiger partial charge < -0.3 is 20.1 Å². The number of aromatic nitrogens is 2. The lowest BCUT2D eigenvalue weighted by atomic mass is 9.76. The van der Waals surface area contributed by atoms with Gasteiger partial charge in [-0.2, -0.15) is 0 Å². The molecule has 9 heteroatoms. The Bertz CT molecular complexity index is 1380. The van der Waals surface area contributed by atoms with Gasteiger partial charge in [-0.25, -0.2) is 9.37 Å². The number of anilines is 1. The standard InChI is InChI=1S/C25H22FN3O4S/c1-33-19-11-13(9-10-17(19)30)20-21-16(7-4-8-18(21)31)27-23-22(20)24(32)29-25(28-23)34-12-14-5-2-3-6-15(14)26/h2-3,5-6,9-11,20,30H,4,7-8,12H2,1H3,(H2,27,28,29,32). The maximum Gasteiger partial charge on any atom is 0.257 e. The summed E-state index contributed by atoms with van der Waals surface area (Å²) in [5, 5.41) is 13.6. The molecule has 0 radical (unpaired) electrons. The van der Waals surface area contributed by atoms with Crippen molar-refractivity contribution in [1.29, 1.82) is 0 Å². The molecule has 1 aliphatic heterocycles. The van der Waals surface area contributed by atoms with E-state index in [1.807, 2.05) is 0 Å². The molecule has 0 spiro atoms. The van der Waals surface area contributed by atoms with Gasteiger partial charge in [-0.05, 0) is 42.2 Å². The van der Waals surface area contributed by atoms with Crippen molar-refractivity contribution in [3.05, 3.63) is 86.6 Å². The number of thioether (sulfide) groups is 1. The van der Waals surface area contributed by atoms with Crippen molar-refractivity contribution in [1.82, 2.24) is 9.97 Å². The number of fused-ring (bicyclic) bond motifs is 1. The number of rotatable bonds is 5. The first-order valence-corrected chi connectivity index (χ1v) is 11.9. The topological polar surface area (TPSA) is 104 Å². The Morgan fingerprint density at radius 2 is 2.03 bits per heavy atom. The SMILES string of the molecule is COc1cc(C2C3=C(CCCC3=O)Nc3nc(SCc4ccccc4F)[nH]c(=O)c32)ccc1O. The molecule has 0 saturated heterocycles. The Kier molecular flexibility index (Phi) is 5.87. The first-order valence-electron chi connectivity index (χ1n) is 10.9. The minimum Gasteiger partial charge on any atom is -0.504 e. The molecule has 0 amide bonds. The van der Waals surface area contributed by atoms with E-state index < -0.39 is 5.92 Å². The number of carbonyl (C=O) groups is 1. The number of benzene rings is 2. The summed E-state index contributed by atoms with van der Waals surface area (Å²) in [5.41, 5.74) is 2.42. The van der Waals surface area contributed by atoms with Crippen LogP contribution in [0.15, 0.2) is 63.7 Å². The van der Waals surface area contributed by atoms with Crippen LogP contribution in [0, 0.1) is 5.82 Å². The molecule has 0 fully saturated rings. The van der Waals surface area contributed by atoms with Gasteiger partial charge >= 0.3 is 0 Å². The maximum absolute atomic E-state index is 14.0. The van der Waals surface area contributed by atoms with E-state index in [-0.39, 0.29) is 28.7 Å². The second kappa shape index (κ2) is 8.98. The Morgan fingerprint density at radius 1 is 1.21 bits per heavy atom. The van der Waals surface area contributed by atoms with Crippen LogP contribution in [-0.4, -0.2) is 28.0 Å². The molecule has 3 aromatic rings. The number of Topliss-reactive ketones (excluding diaryl/α,β-unsaturated/α-hetero) is 1. The van der Waals surface area contributed by atoms with Crippen LogP contribution in [0.3, 0.4) is 0 Å². The van der Waals surface area contributed by atoms with E-state index in [2.05, 4.69) is 15.3 Å². The Morgan fingerprint density at radius 3 is 2.82 bits per heavy atom. The van der Waals surface area contributed by atoms with E-state index >= 15 is 0 Å². The van der Waals surface area contributed by atoms with Crippen molar-refractivity contribution in [2.24, 2.45) is 0 Å². The van der Waals surface area contributed by atoms with Crippen molar-refractivity contribution in [3.63, 3.8) is 0 Å². The van der Waals surface area contributed by atoms with Crippen LogP contribution in [0.4, 0.5) is 10.2 Å². The normalized spacial score (nSPS) is 17.1. The molecule has 2 aliphatic rings. The first kappa shape index (κ1) is 22.2. The van der Waals surface area contributed by atoms with Crippen molar-refractivity contribution >= 4 is 23.4 Å². The van der Waals surface area contributed by atoms with Gasteiger partial charge in [0.1, 0.15) is 11.6 Å². The number of nitrogens with one attached hydrogen (secondary N) is 2. The molecule has 7 nitrogen and oxygen atoms in total. The number of phenolic OH excluding ortho intramolecular Hbond substituents is 1. The number of aromatic hydroxyl groups is 1. The van der Waals surface area contributed by atoms with Gasteiger partial charge in [-0.3, -0.25) is 9.59 Å². The summed E-state index contributed by atoms with van der Waals surface area (Å²) in [5.74, 6) is -0.0693. The highest BCUT2D eigenvalue weighted by Crippen LogP contribution is 2.45. The Labute approximate surface area is 199 Å². The first-order chi connectivity index (χ1) is 16.5. The molecule has 2 heterocycles. The van der Waals surface area contributed by atoms with Crippen LogP contribution in [0.2, 0.25) is 0 Å². The predicted octanol–water partition coefficient (Wildman–Crippen LogP) is 4.48. The number of carbonyl (C=O) groups excluding carboxylic acids is 1. The van der Waals surface area contributed by atoms with E-state index in [9.17, 15) is 19.1 Å². The monoisotopic (exact) mass is 479 g/mol. The van der Waals surface area contributed by atoms with Crippen molar-refractivity contribution < 1.29 is 19.0 Å². The zero-order chi connectivity index (χ0) is 23.8. The van der Waals surface area contributed by atoms with Gasteiger partial charge in [0.2, 0.25) is 0 Å². The lowest BCUT2D eigenvalue weighted by molar-refractivity contribution is -0.116. The molecule has 5 rings (SSSR count). The van der Waals surface area contributed by atoms with E-state index in [1.54, 1.807) is 30.3 Å². The fourth-order valence-corrected chi connectivity index (χ4v) is 5.32. The summed E-state index contributed by atoms with van der Waals surface area (Å²) in [7, 11) is 1.44. The second-order valence-electron chi connectivity index (χ2n) is 8.17. The van der Waals surface area contributed by atoms with Crippen molar-refractivity contribution in [2.45, 2.75) is 36.1 Å². The number of hydrogen-bond acceptors (Lipinski definition) is 7. The minimum absolute atomic E-state index is 0.0196. The van der Waals surface area contributed by atoms with Gasteiger partial charge in [0.05, 0.1) is 12.7 Å².